The number of amides is 1. The van der Waals surface area contributed by atoms with E-state index in [1.54, 1.807) is 12.1 Å². The number of halogens is 1. The number of anilines is 1. The predicted octanol–water partition coefficient (Wildman–Crippen LogP) is 6.41. The van der Waals surface area contributed by atoms with Crippen LogP contribution in [0, 0.1) is 5.82 Å². The lowest BCUT2D eigenvalue weighted by Gasteiger charge is -2.24. The molecule has 2 atom stereocenters. The number of aromatic amines is 1. The Balaban J connectivity index is 1.45. The number of benzene rings is 4. The van der Waals surface area contributed by atoms with Gasteiger partial charge in [-0.2, -0.15) is 0 Å². The molecule has 174 valence electrons. The number of carbonyl (C=O) groups is 1. The Morgan fingerprint density at radius 3 is 2.11 bits per heavy atom. The van der Waals surface area contributed by atoms with Crippen molar-refractivity contribution in [1.82, 2.24) is 10.3 Å². The summed E-state index contributed by atoms with van der Waals surface area (Å²) in [6.07, 6.45) is 2.06. The van der Waals surface area contributed by atoms with Crippen molar-refractivity contribution in [2.75, 3.05) is 11.9 Å². The van der Waals surface area contributed by atoms with Crippen LogP contribution in [-0.4, -0.2) is 17.4 Å². The molecule has 5 heteroatoms. The van der Waals surface area contributed by atoms with E-state index in [2.05, 4.69) is 46.1 Å². The molecule has 0 fully saturated rings. The van der Waals surface area contributed by atoms with Crippen LogP contribution in [-0.2, 0) is 4.79 Å². The van der Waals surface area contributed by atoms with Crippen molar-refractivity contribution in [3.05, 3.63) is 138 Å². The molecule has 1 aromatic heterocycles. The normalized spacial score (nSPS) is 12.8. The Morgan fingerprint density at radius 2 is 1.40 bits per heavy atom. The molecule has 0 spiro atoms. The van der Waals surface area contributed by atoms with Crippen molar-refractivity contribution in [2.45, 2.75) is 12.0 Å². The van der Waals surface area contributed by atoms with Crippen LogP contribution in [0.25, 0.3) is 10.9 Å². The average molecular weight is 464 g/mol. The molecule has 0 unspecified atom stereocenters. The van der Waals surface area contributed by atoms with E-state index >= 15 is 0 Å². The summed E-state index contributed by atoms with van der Waals surface area (Å²) in [5.41, 5.74) is 4.82. The Bertz CT molecular complexity index is 1400. The number of carbonyl (C=O) groups excluding carboxylic acids is 1. The van der Waals surface area contributed by atoms with Gasteiger partial charge < -0.3 is 15.6 Å². The second-order valence-electron chi connectivity index (χ2n) is 8.50. The van der Waals surface area contributed by atoms with Gasteiger partial charge in [-0.15, -0.1) is 0 Å². The molecular weight excluding hydrogens is 437 g/mol. The highest BCUT2D eigenvalue weighted by Gasteiger charge is 2.24. The molecule has 4 aromatic carbocycles. The zero-order valence-electron chi connectivity index (χ0n) is 19.1. The standard InChI is InChI=1S/C30H26FN3O/c31-23-15-17-24(18-16-23)34-30(35)29(22-11-5-2-6-12-22)33-19-26(21-9-3-1-4-10-21)27-20-32-28-14-8-7-13-25(27)28/h1-18,20,26,29,32-33H,19H2,(H,34,35)/t26-,29+/m0/s1. The van der Waals surface area contributed by atoms with Gasteiger partial charge >= 0.3 is 0 Å². The fourth-order valence-electron chi connectivity index (χ4n) is 4.47. The third-order valence-corrected chi connectivity index (χ3v) is 6.23. The molecule has 5 aromatic rings. The van der Waals surface area contributed by atoms with Gasteiger partial charge in [-0.25, -0.2) is 4.39 Å². The quantitative estimate of drug-likeness (QED) is 0.249. The summed E-state index contributed by atoms with van der Waals surface area (Å²) in [5, 5.41) is 7.60. The van der Waals surface area contributed by atoms with Gasteiger partial charge in [-0.3, -0.25) is 4.79 Å². The molecule has 0 aliphatic heterocycles. The number of aromatic nitrogens is 1. The van der Waals surface area contributed by atoms with E-state index in [0.29, 0.717) is 12.2 Å². The summed E-state index contributed by atoms with van der Waals surface area (Å²) in [6, 6.07) is 33.4. The van der Waals surface area contributed by atoms with Crippen molar-refractivity contribution in [2.24, 2.45) is 0 Å². The molecule has 0 aliphatic rings. The van der Waals surface area contributed by atoms with E-state index in [4.69, 9.17) is 0 Å². The lowest BCUT2D eigenvalue weighted by Crippen LogP contribution is -2.35. The molecule has 35 heavy (non-hydrogen) atoms. The average Bonchev–Trinajstić information content (AvgIpc) is 3.33. The minimum absolute atomic E-state index is 0.0252. The minimum Gasteiger partial charge on any atom is -0.361 e. The van der Waals surface area contributed by atoms with Crippen molar-refractivity contribution in [3.63, 3.8) is 0 Å². The second-order valence-corrected chi connectivity index (χ2v) is 8.50. The van der Waals surface area contributed by atoms with Gasteiger partial charge in [-0.05, 0) is 47.0 Å². The molecule has 0 radical (unpaired) electrons. The fourth-order valence-corrected chi connectivity index (χ4v) is 4.47. The van der Waals surface area contributed by atoms with Crippen LogP contribution in [0.15, 0.2) is 115 Å². The third-order valence-electron chi connectivity index (χ3n) is 6.23. The largest absolute Gasteiger partial charge is 0.361 e. The molecule has 3 N–H and O–H groups in total. The van der Waals surface area contributed by atoms with Gasteiger partial charge in [0.05, 0.1) is 0 Å². The van der Waals surface area contributed by atoms with Crippen molar-refractivity contribution >= 4 is 22.5 Å². The summed E-state index contributed by atoms with van der Waals surface area (Å²) >= 11 is 0. The minimum atomic E-state index is -0.585. The van der Waals surface area contributed by atoms with Gasteiger partial charge in [0.15, 0.2) is 0 Å². The van der Waals surface area contributed by atoms with E-state index < -0.39 is 6.04 Å². The number of fused-ring (bicyclic) bond motifs is 1. The Morgan fingerprint density at radius 1 is 0.771 bits per heavy atom. The highest BCUT2D eigenvalue weighted by molar-refractivity contribution is 5.95. The summed E-state index contributed by atoms with van der Waals surface area (Å²) in [4.78, 5) is 16.8. The summed E-state index contributed by atoms with van der Waals surface area (Å²) in [6.45, 7) is 0.544. The first-order valence-corrected chi connectivity index (χ1v) is 11.6. The number of hydrogen-bond donors (Lipinski definition) is 3. The number of H-pyrrole nitrogens is 1. The van der Waals surface area contributed by atoms with Crippen LogP contribution < -0.4 is 10.6 Å². The van der Waals surface area contributed by atoms with E-state index in [1.165, 1.54) is 17.7 Å². The maximum Gasteiger partial charge on any atom is 0.246 e. The van der Waals surface area contributed by atoms with E-state index in [0.717, 1.165) is 22.0 Å². The van der Waals surface area contributed by atoms with Gasteiger partial charge in [0.1, 0.15) is 11.9 Å². The lowest BCUT2D eigenvalue weighted by atomic mass is 9.90. The molecule has 1 heterocycles. The summed E-state index contributed by atoms with van der Waals surface area (Å²) in [7, 11) is 0. The first-order valence-electron chi connectivity index (χ1n) is 11.6. The molecular formula is C30H26FN3O. The summed E-state index contributed by atoms with van der Waals surface area (Å²) < 4.78 is 13.3. The molecule has 5 rings (SSSR count). The summed E-state index contributed by atoms with van der Waals surface area (Å²) in [5.74, 6) is -0.518. The van der Waals surface area contributed by atoms with Crippen LogP contribution in [0.2, 0.25) is 0 Å². The number of rotatable bonds is 8. The molecule has 0 aliphatic carbocycles. The zero-order chi connectivity index (χ0) is 24.0. The van der Waals surface area contributed by atoms with E-state index in [9.17, 15) is 9.18 Å². The maximum atomic E-state index is 13.4. The lowest BCUT2D eigenvalue weighted by molar-refractivity contribution is -0.118. The van der Waals surface area contributed by atoms with Gasteiger partial charge in [-0.1, -0.05) is 78.9 Å². The maximum absolute atomic E-state index is 13.4. The number of para-hydroxylation sites is 1. The number of nitrogens with one attached hydrogen (secondary N) is 3. The Labute approximate surface area is 203 Å². The molecule has 0 saturated carbocycles. The topological polar surface area (TPSA) is 56.9 Å². The Hall–Kier alpha value is -4.22. The molecule has 1 amide bonds. The second kappa shape index (κ2) is 10.4. The van der Waals surface area contributed by atoms with Gasteiger partial charge in [0, 0.05) is 35.2 Å². The number of hydrogen-bond acceptors (Lipinski definition) is 2. The Kier molecular flexibility index (Phi) is 6.68. The molecule has 4 nitrogen and oxygen atoms in total. The first-order chi connectivity index (χ1) is 17.2. The highest BCUT2D eigenvalue weighted by Crippen LogP contribution is 2.31. The van der Waals surface area contributed by atoms with Crippen molar-refractivity contribution in [3.8, 4) is 0 Å². The first kappa shape index (κ1) is 22.6. The third kappa shape index (κ3) is 5.15. The van der Waals surface area contributed by atoms with E-state index in [1.807, 2.05) is 60.7 Å². The van der Waals surface area contributed by atoms with E-state index in [-0.39, 0.29) is 17.6 Å². The molecule has 0 bridgehead atoms. The predicted molar refractivity (Wildman–Crippen MR) is 139 cm³/mol. The molecule has 0 saturated heterocycles. The van der Waals surface area contributed by atoms with Crippen LogP contribution in [0.5, 0.6) is 0 Å². The van der Waals surface area contributed by atoms with Crippen LogP contribution in [0.1, 0.15) is 28.7 Å². The van der Waals surface area contributed by atoms with Crippen LogP contribution >= 0.6 is 0 Å². The van der Waals surface area contributed by atoms with Crippen LogP contribution in [0.4, 0.5) is 10.1 Å². The monoisotopic (exact) mass is 463 g/mol. The SMILES string of the molecule is O=C(Nc1ccc(F)cc1)[C@H](NC[C@@H](c1ccccc1)c1c[nH]c2ccccc12)c1ccccc1. The van der Waals surface area contributed by atoms with Crippen molar-refractivity contribution in [1.29, 1.82) is 0 Å². The zero-order valence-corrected chi connectivity index (χ0v) is 19.1. The fraction of sp³-hybridized carbons (Fsp3) is 0.100. The van der Waals surface area contributed by atoms with Crippen LogP contribution in [0.3, 0.4) is 0 Å². The smallest absolute Gasteiger partial charge is 0.246 e. The van der Waals surface area contributed by atoms with Gasteiger partial charge in [0.25, 0.3) is 0 Å². The van der Waals surface area contributed by atoms with Gasteiger partial charge in [0.2, 0.25) is 5.91 Å². The highest BCUT2D eigenvalue weighted by atomic mass is 19.1. The van der Waals surface area contributed by atoms with Crippen molar-refractivity contribution < 1.29 is 9.18 Å².